The van der Waals surface area contributed by atoms with Crippen molar-refractivity contribution in [2.45, 2.75) is 32.2 Å². The summed E-state index contributed by atoms with van der Waals surface area (Å²) in [5, 5.41) is 3.08. The van der Waals surface area contributed by atoms with Gasteiger partial charge in [0, 0.05) is 27.2 Å². The molecule has 1 N–H and O–H groups in total. The number of nitrogens with zero attached hydrogens (tertiary/aromatic N) is 2. The average Bonchev–Trinajstić information content (AvgIpc) is 2.60. The lowest BCUT2D eigenvalue weighted by atomic mass is 9.97. The normalized spacial score (nSPS) is 20.8. The number of piperidine rings is 1. The second-order valence-electron chi connectivity index (χ2n) is 6.37. The summed E-state index contributed by atoms with van der Waals surface area (Å²) in [5.41, 5.74) is 1.07. The number of amides is 1. The van der Waals surface area contributed by atoms with Crippen LogP contribution < -0.4 is 5.32 Å². The van der Waals surface area contributed by atoms with Gasteiger partial charge in [0.15, 0.2) is 0 Å². The van der Waals surface area contributed by atoms with Gasteiger partial charge in [-0.1, -0.05) is 37.3 Å². The van der Waals surface area contributed by atoms with E-state index in [0.29, 0.717) is 13.0 Å². The maximum atomic E-state index is 12.6. The van der Waals surface area contributed by atoms with Crippen LogP contribution in [0.1, 0.15) is 37.8 Å². The van der Waals surface area contributed by atoms with Crippen molar-refractivity contribution in [2.75, 3.05) is 27.2 Å². The van der Waals surface area contributed by atoms with Crippen molar-refractivity contribution in [3.63, 3.8) is 0 Å². The third-order valence-electron chi connectivity index (χ3n) is 4.47. The minimum Gasteiger partial charge on any atom is -0.349 e. The van der Waals surface area contributed by atoms with Crippen LogP contribution in [0.25, 0.3) is 0 Å². The molecule has 0 bridgehead atoms. The Morgan fingerprint density at radius 2 is 2.00 bits per heavy atom. The zero-order valence-corrected chi connectivity index (χ0v) is 15.4. The van der Waals surface area contributed by atoms with Gasteiger partial charge in [0.05, 0.1) is 12.0 Å². The van der Waals surface area contributed by atoms with E-state index in [1.807, 2.05) is 37.3 Å². The Hall–Kier alpha value is -1.44. The smallest absolute Gasteiger partial charge is 0.281 e. The van der Waals surface area contributed by atoms with E-state index in [0.717, 1.165) is 18.4 Å². The van der Waals surface area contributed by atoms with Gasteiger partial charge in [-0.2, -0.15) is 17.0 Å². The fraction of sp³-hybridized carbons (Fsp3) is 0.588. The predicted octanol–water partition coefficient (Wildman–Crippen LogP) is 1.77. The van der Waals surface area contributed by atoms with Crippen molar-refractivity contribution in [1.82, 2.24) is 13.9 Å². The summed E-state index contributed by atoms with van der Waals surface area (Å²) in [5.74, 6) is -0.365. The summed E-state index contributed by atoms with van der Waals surface area (Å²) < 4.78 is 27.2. The molecule has 0 spiro atoms. The van der Waals surface area contributed by atoms with Crippen LogP contribution in [0.4, 0.5) is 0 Å². The Morgan fingerprint density at radius 1 is 1.33 bits per heavy atom. The van der Waals surface area contributed by atoms with E-state index in [-0.39, 0.29) is 24.4 Å². The van der Waals surface area contributed by atoms with Crippen molar-refractivity contribution in [1.29, 1.82) is 0 Å². The zero-order chi connectivity index (χ0) is 17.7. The fourth-order valence-corrected chi connectivity index (χ4v) is 4.18. The van der Waals surface area contributed by atoms with Crippen LogP contribution in [-0.2, 0) is 15.0 Å². The van der Waals surface area contributed by atoms with Gasteiger partial charge in [0.1, 0.15) is 0 Å². The van der Waals surface area contributed by atoms with Gasteiger partial charge in [-0.15, -0.1) is 0 Å². The highest BCUT2D eigenvalue weighted by atomic mass is 32.2. The number of carbonyl (C=O) groups excluding carboxylic acids is 1. The Morgan fingerprint density at radius 3 is 2.58 bits per heavy atom. The van der Waals surface area contributed by atoms with Gasteiger partial charge in [0.2, 0.25) is 5.91 Å². The Kier molecular flexibility index (Phi) is 6.37. The molecule has 1 heterocycles. The average molecular weight is 353 g/mol. The molecule has 1 saturated heterocycles. The molecule has 1 aromatic carbocycles. The van der Waals surface area contributed by atoms with Gasteiger partial charge in [-0.3, -0.25) is 4.79 Å². The van der Waals surface area contributed by atoms with Crippen molar-refractivity contribution < 1.29 is 13.2 Å². The molecule has 0 aromatic heterocycles. The standard InChI is InChI=1S/C17H27N3O3S/c1-4-16(14-9-6-5-7-10-14)18-17(21)15-11-8-12-20(13-15)24(22,23)19(2)3/h5-7,9-10,15-16H,4,8,11-13H2,1-3H3,(H,18,21). The van der Waals surface area contributed by atoms with E-state index in [1.54, 1.807) is 0 Å². The minimum atomic E-state index is -3.47. The molecular formula is C17H27N3O3S. The first kappa shape index (κ1) is 18.9. The number of hydrogen-bond donors (Lipinski definition) is 1. The number of rotatable bonds is 6. The van der Waals surface area contributed by atoms with Crippen LogP contribution in [0.5, 0.6) is 0 Å². The Balaban J connectivity index is 2.04. The summed E-state index contributed by atoms with van der Waals surface area (Å²) in [6.45, 7) is 2.75. The molecule has 2 atom stereocenters. The van der Waals surface area contributed by atoms with Crippen molar-refractivity contribution in [2.24, 2.45) is 5.92 Å². The largest absolute Gasteiger partial charge is 0.349 e. The van der Waals surface area contributed by atoms with Gasteiger partial charge in [-0.25, -0.2) is 0 Å². The molecule has 24 heavy (non-hydrogen) atoms. The molecule has 2 rings (SSSR count). The van der Waals surface area contributed by atoms with Crippen molar-refractivity contribution in [3.8, 4) is 0 Å². The number of nitrogens with one attached hydrogen (secondary N) is 1. The molecule has 1 fully saturated rings. The predicted molar refractivity (Wildman–Crippen MR) is 94.5 cm³/mol. The van der Waals surface area contributed by atoms with Gasteiger partial charge in [0.25, 0.3) is 10.2 Å². The zero-order valence-electron chi connectivity index (χ0n) is 14.6. The SMILES string of the molecule is CCC(NC(=O)C1CCCN(S(=O)(=O)N(C)C)C1)c1ccccc1. The van der Waals surface area contributed by atoms with Gasteiger partial charge < -0.3 is 5.32 Å². The van der Waals surface area contributed by atoms with Gasteiger partial charge in [-0.05, 0) is 24.8 Å². The third-order valence-corrected chi connectivity index (χ3v) is 6.38. The van der Waals surface area contributed by atoms with Crippen molar-refractivity contribution >= 4 is 16.1 Å². The summed E-state index contributed by atoms with van der Waals surface area (Å²) >= 11 is 0. The van der Waals surface area contributed by atoms with Crippen LogP contribution in [0, 0.1) is 5.92 Å². The van der Waals surface area contributed by atoms with Crippen LogP contribution >= 0.6 is 0 Å². The summed E-state index contributed by atoms with van der Waals surface area (Å²) in [7, 11) is -0.435. The first-order chi connectivity index (χ1) is 11.4. The molecule has 1 amide bonds. The monoisotopic (exact) mass is 353 g/mol. The van der Waals surface area contributed by atoms with E-state index in [2.05, 4.69) is 5.32 Å². The molecule has 134 valence electrons. The molecule has 1 aromatic rings. The minimum absolute atomic E-state index is 0.0421. The Bertz CT molecular complexity index is 646. The lowest BCUT2D eigenvalue weighted by Gasteiger charge is -2.33. The summed E-state index contributed by atoms with van der Waals surface area (Å²) in [6.07, 6.45) is 2.21. The van der Waals surface area contributed by atoms with Crippen LogP contribution in [0.3, 0.4) is 0 Å². The van der Waals surface area contributed by atoms with E-state index < -0.39 is 10.2 Å². The number of carbonyl (C=O) groups is 1. The van der Waals surface area contributed by atoms with Crippen molar-refractivity contribution in [3.05, 3.63) is 35.9 Å². The molecule has 7 heteroatoms. The lowest BCUT2D eigenvalue weighted by Crippen LogP contribution is -2.49. The highest BCUT2D eigenvalue weighted by Crippen LogP contribution is 2.22. The first-order valence-electron chi connectivity index (χ1n) is 8.39. The summed E-state index contributed by atoms with van der Waals surface area (Å²) in [6, 6.07) is 9.81. The topological polar surface area (TPSA) is 69.7 Å². The first-order valence-corrected chi connectivity index (χ1v) is 9.79. The second-order valence-corrected chi connectivity index (χ2v) is 8.51. The summed E-state index contributed by atoms with van der Waals surface area (Å²) in [4.78, 5) is 12.6. The van der Waals surface area contributed by atoms with Crippen LogP contribution in [-0.4, -0.2) is 50.1 Å². The van der Waals surface area contributed by atoms with E-state index in [9.17, 15) is 13.2 Å². The van der Waals surface area contributed by atoms with E-state index in [1.165, 1.54) is 22.7 Å². The molecule has 2 unspecified atom stereocenters. The fourth-order valence-electron chi connectivity index (χ4n) is 2.99. The molecule has 0 aliphatic carbocycles. The quantitative estimate of drug-likeness (QED) is 0.847. The molecular weight excluding hydrogens is 326 g/mol. The maximum Gasteiger partial charge on any atom is 0.281 e. The van der Waals surface area contributed by atoms with E-state index >= 15 is 0 Å². The highest BCUT2D eigenvalue weighted by Gasteiger charge is 2.34. The molecule has 1 aliphatic heterocycles. The lowest BCUT2D eigenvalue weighted by molar-refractivity contribution is -0.126. The molecule has 0 saturated carbocycles. The molecule has 0 radical (unpaired) electrons. The third kappa shape index (κ3) is 4.34. The van der Waals surface area contributed by atoms with E-state index in [4.69, 9.17) is 0 Å². The second kappa shape index (κ2) is 8.09. The van der Waals surface area contributed by atoms with Gasteiger partial charge >= 0.3 is 0 Å². The molecule has 6 nitrogen and oxygen atoms in total. The number of hydrogen-bond acceptors (Lipinski definition) is 3. The Labute approximate surface area is 145 Å². The maximum absolute atomic E-state index is 12.6. The molecule has 1 aliphatic rings. The highest BCUT2D eigenvalue weighted by molar-refractivity contribution is 7.86. The van der Waals surface area contributed by atoms with Crippen LogP contribution in [0.2, 0.25) is 0 Å². The van der Waals surface area contributed by atoms with Crippen LogP contribution in [0.15, 0.2) is 30.3 Å². The number of benzene rings is 1.